The molecule has 0 aliphatic heterocycles. The van der Waals surface area contributed by atoms with Crippen molar-refractivity contribution >= 4 is 87.5 Å². The van der Waals surface area contributed by atoms with Gasteiger partial charge < -0.3 is 18.0 Å². The second kappa shape index (κ2) is 11.8. The highest BCUT2D eigenvalue weighted by Gasteiger charge is 2.21. The van der Waals surface area contributed by atoms with Crippen LogP contribution in [0.25, 0.3) is 121 Å². The lowest BCUT2D eigenvalue weighted by molar-refractivity contribution is 0.670. The number of nitrogens with zero attached hydrogens (tertiary/aromatic N) is 2. The molecule has 0 bridgehead atoms. The summed E-state index contributed by atoms with van der Waals surface area (Å²) in [6.07, 6.45) is 0. The first-order valence-corrected chi connectivity index (χ1v) is 19.8. The van der Waals surface area contributed by atoms with Crippen molar-refractivity contribution in [3.63, 3.8) is 0 Å². The molecule has 0 unspecified atom stereocenters. The van der Waals surface area contributed by atoms with E-state index in [2.05, 4.69) is 191 Å². The number of benzene rings is 9. The molecule has 4 heterocycles. The van der Waals surface area contributed by atoms with Gasteiger partial charge in [-0.15, -0.1) is 0 Å². The van der Waals surface area contributed by atoms with Gasteiger partial charge in [0.25, 0.3) is 0 Å². The summed E-state index contributed by atoms with van der Waals surface area (Å²) in [5.41, 5.74) is 14.5. The van der Waals surface area contributed by atoms with Crippen LogP contribution in [0.1, 0.15) is 0 Å². The third-order valence-electron chi connectivity index (χ3n) is 12.1. The van der Waals surface area contributed by atoms with Crippen LogP contribution in [0.4, 0.5) is 0 Å². The fourth-order valence-electron chi connectivity index (χ4n) is 9.57. The maximum absolute atomic E-state index is 6.76. The van der Waals surface area contributed by atoms with E-state index in [9.17, 15) is 0 Å². The summed E-state index contributed by atoms with van der Waals surface area (Å²) in [5, 5.41) is 9.30. The minimum Gasteiger partial charge on any atom is -0.455 e. The first-order valence-electron chi connectivity index (χ1n) is 19.8. The Morgan fingerprint density at radius 2 is 0.621 bits per heavy atom. The molecule has 0 saturated carbocycles. The highest BCUT2D eigenvalue weighted by Crippen LogP contribution is 2.44. The number of furan rings is 2. The molecule has 58 heavy (non-hydrogen) atoms. The molecular formula is C54H32N2O2. The Morgan fingerprint density at radius 1 is 0.276 bits per heavy atom. The lowest BCUT2D eigenvalue weighted by Gasteiger charge is -2.14. The molecule has 0 aliphatic carbocycles. The predicted molar refractivity (Wildman–Crippen MR) is 241 cm³/mol. The Hall–Kier alpha value is -7.82. The second-order valence-electron chi connectivity index (χ2n) is 15.3. The Kier molecular flexibility index (Phi) is 6.41. The van der Waals surface area contributed by atoms with Crippen molar-refractivity contribution in [3.05, 3.63) is 194 Å². The summed E-state index contributed by atoms with van der Waals surface area (Å²) in [7, 11) is 0. The fourth-order valence-corrected chi connectivity index (χ4v) is 9.57. The van der Waals surface area contributed by atoms with Crippen molar-refractivity contribution in [1.29, 1.82) is 0 Å². The first kappa shape index (κ1) is 31.4. The number of hydrogen-bond donors (Lipinski definition) is 0. The van der Waals surface area contributed by atoms with Crippen LogP contribution in [0.5, 0.6) is 0 Å². The monoisotopic (exact) mass is 740 g/mol. The number of hydrogen-bond acceptors (Lipinski definition) is 2. The molecule has 0 radical (unpaired) electrons. The average molecular weight is 741 g/mol. The average Bonchev–Trinajstić information content (AvgIpc) is 4.04. The smallest absolute Gasteiger partial charge is 0.143 e. The van der Waals surface area contributed by atoms with Crippen LogP contribution >= 0.6 is 0 Å². The molecule has 13 aromatic rings. The zero-order valence-corrected chi connectivity index (χ0v) is 31.2. The minimum absolute atomic E-state index is 0.871. The van der Waals surface area contributed by atoms with Crippen LogP contribution in [0, 0.1) is 0 Å². The molecule has 0 spiro atoms. The number of para-hydroxylation sites is 6. The van der Waals surface area contributed by atoms with Crippen LogP contribution in [-0.4, -0.2) is 9.13 Å². The van der Waals surface area contributed by atoms with Gasteiger partial charge in [-0.05, 0) is 77.9 Å². The summed E-state index contributed by atoms with van der Waals surface area (Å²) in [5.74, 6) is 0. The van der Waals surface area contributed by atoms with E-state index in [0.29, 0.717) is 0 Å². The molecule has 9 aromatic carbocycles. The third-order valence-corrected chi connectivity index (χ3v) is 12.1. The standard InChI is InChI=1S/C54H32N2O2/c1-7-22-47-37(16-1)38-17-2-8-23-48(38)55(47)35-29-43(53-45(31-35)41-20-5-11-26-51(41)57-53)33-14-13-15-34(28-33)44-30-36(32-46-42-21-6-12-27-52(42)58-54(44)46)56-49-24-9-3-18-39(49)40-19-4-10-25-50(40)56/h1-32H. The van der Waals surface area contributed by atoms with E-state index < -0.39 is 0 Å². The number of rotatable bonds is 4. The van der Waals surface area contributed by atoms with Crippen molar-refractivity contribution < 1.29 is 8.83 Å². The van der Waals surface area contributed by atoms with Crippen molar-refractivity contribution in [2.75, 3.05) is 0 Å². The highest BCUT2D eigenvalue weighted by atomic mass is 16.3. The maximum atomic E-state index is 6.76. The molecular weight excluding hydrogens is 709 g/mol. The maximum Gasteiger partial charge on any atom is 0.143 e. The molecule has 0 fully saturated rings. The van der Waals surface area contributed by atoms with Gasteiger partial charge in [0.05, 0.1) is 22.1 Å². The summed E-state index contributed by atoms with van der Waals surface area (Å²) in [6.45, 7) is 0. The van der Waals surface area contributed by atoms with Gasteiger partial charge in [0.2, 0.25) is 0 Å². The van der Waals surface area contributed by atoms with E-state index in [0.717, 1.165) is 77.5 Å². The van der Waals surface area contributed by atoms with Crippen LogP contribution in [0.3, 0.4) is 0 Å². The van der Waals surface area contributed by atoms with E-state index >= 15 is 0 Å². The zero-order chi connectivity index (χ0) is 37.9. The van der Waals surface area contributed by atoms with Crippen molar-refractivity contribution in [2.45, 2.75) is 0 Å². The highest BCUT2D eigenvalue weighted by molar-refractivity contribution is 6.15. The Balaban J connectivity index is 1.09. The van der Waals surface area contributed by atoms with Gasteiger partial charge in [-0.2, -0.15) is 0 Å². The van der Waals surface area contributed by atoms with E-state index in [1.165, 1.54) is 43.6 Å². The summed E-state index contributed by atoms with van der Waals surface area (Å²) >= 11 is 0. The van der Waals surface area contributed by atoms with Crippen LogP contribution < -0.4 is 0 Å². The Morgan fingerprint density at radius 3 is 1.02 bits per heavy atom. The number of aromatic nitrogens is 2. The SMILES string of the molecule is c1cc(-c2cc(-n3c4ccccc4c4ccccc43)cc3c2oc2ccccc23)cc(-c2cc(-n3c4ccccc4c4ccccc43)cc3c2oc2ccccc23)c1. The van der Waals surface area contributed by atoms with E-state index in [1.54, 1.807) is 0 Å². The largest absolute Gasteiger partial charge is 0.455 e. The topological polar surface area (TPSA) is 36.1 Å². The van der Waals surface area contributed by atoms with E-state index in [1.807, 2.05) is 12.1 Å². The molecule has 0 aliphatic rings. The van der Waals surface area contributed by atoms with Crippen molar-refractivity contribution in [1.82, 2.24) is 9.13 Å². The minimum atomic E-state index is 0.871. The van der Waals surface area contributed by atoms with E-state index in [-0.39, 0.29) is 0 Å². The first-order chi connectivity index (χ1) is 28.8. The molecule has 0 amide bonds. The normalized spacial score (nSPS) is 12.1. The number of fused-ring (bicyclic) bond motifs is 12. The van der Waals surface area contributed by atoms with Gasteiger partial charge in [0.1, 0.15) is 22.3 Å². The van der Waals surface area contributed by atoms with Gasteiger partial charge in [-0.3, -0.25) is 0 Å². The molecule has 4 heteroatoms. The van der Waals surface area contributed by atoms with Gasteiger partial charge in [-0.1, -0.05) is 127 Å². The van der Waals surface area contributed by atoms with Crippen molar-refractivity contribution in [2.24, 2.45) is 0 Å². The zero-order valence-electron chi connectivity index (χ0n) is 31.2. The van der Waals surface area contributed by atoms with Crippen LogP contribution in [-0.2, 0) is 0 Å². The van der Waals surface area contributed by atoms with Gasteiger partial charge in [0, 0.05) is 65.6 Å². The predicted octanol–water partition coefficient (Wildman–Crippen LogP) is 15.0. The third kappa shape index (κ3) is 4.40. The Labute approximate surface area is 332 Å². The lowest BCUT2D eigenvalue weighted by Crippen LogP contribution is -1.96. The van der Waals surface area contributed by atoms with Crippen LogP contribution in [0.15, 0.2) is 203 Å². The summed E-state index contributed by atoms with van der Waals surface area (Å²) in [4.78, 5) is 0. The van der Waals surface area contributed by atoms with Gasteiger partial charge >= 0.3 is 0 Å². The summed E-state index contributed by atoms with van der Waals surface area (Å²) < 4.78 is 18.3. The fraction of sp³-hybridized carbons (Fsp3) is 0. The van der Waals surface area contributed by atoms with Crippen molar-refractivity contribution in [3.8, 4) is 33.6 Å². The summed E-state index contributed by atoms with van der Waals surface area (Å²) in [6, 6.07) is 69.5. The quantitative estimate of drug-likeness (QED) is 0.180. The molecule has 0 atom stereocenters. The van der Waals surface area contributed by atoms with Crippen LogP contribution in [0.2, 0.25) is 0 Å². The molecule has 4 nitrogen and oxygen atoms in total. The van der Waals surface area contributed by atoms with Gasteiger partial charge in [0.15, 0.2) is 0 Å². The molecule has 4 aromatic heterocycles. The second-order valence-corrected chi connectivity index (χ2v) is 15.3. The molecule has 0 saturated heterocycles. The lowest BCUT2D eigenvalue weighted by atomic mass is 9.95. The van der Waals surface area contributed by atoms with E-state index in [4.69, 9.17) is 8.83 Å². The molecule has 13 rings (SSSR count). The Bertz CT molecular complexity index is 3460. The molecule has 270 valence electrons. The van der Waals surface area contributed by atoms with Gasteiger partial charge in [-0.25, -0.2) is 0 Å². The molecule has 0 N–H and O–H groups in total.